The summed E-state index contributed by atoms with van der Waals surface area (Å²) < 4.78 is 5.19. The van der Waals surface area contributed by atoms with Gasteiger partial charge in [0.15, 0.2) is 5.96 Å². The molecule has 2 rings (SSSR count). The van der Waals surface area contributed by atoms with Crippen molar-refractivity contribution in [3.8, 4) is 5.75 Å². The molecule has 1 fully saturated rings. The number of methoxy groups -OCH3 is 1. The Balaban J connectivity index is 1.93. The summed E-state index contributed by atoms with van der Waals surface area (Å²) in [5, 5.41) is 6.58. The number of nitrogens with zero attached hydrogens (tertiary/aromatic N) is 2. The van der Waals surface area contributed by atoms with E-state index >= 15 is 0 Å². The summed E-state index contributed by atoms with van der Waals surface area (Å²) in [6.07, 6.45) is 6.53. The maximum Gasteiger partial charge on any atom is 0.241 e. The maximum atomic E-state index is 11.9. The predicted molar refractivity (Wildman–Crippen MR) is 105 cm³/mol. The summed E-state index contributed by atoms with van der Waals surface area (Å²) >= 11 is 0. The van der Waals surface area contributed by atoms with Crippen LogP contribution in [0.15, 0.2) is 29.3 Å². The molecule has 0 saturated heterocycles. The van der Waals surface area contributed by atoms with Crippen LogP contribution in [0.25, 0.3) is 0 Å². The normalized spacial score (nSPS) is 15.4. The highest BCUT2D eigenvalue weighted by Crippen LogP contribution is 2.22. The summed E-state index contributed by atoms with van der Waals surface area (Å²) in [6, 6.07) is 7.88. The number of hydrogen-bond acceptors (Lipinski definition) is 3. The standard InChI is InChI=1S/C20H32N4O2/c1-24(2)19(25)15-23-20(21-13-16-7-5-4-6-8-16)22-14-17-9-11-18(26-3)12-10-17/h9-12,16H,4-8,13-15H2,1-3H3,(H2,21,22,23). The van der Waals surface area contributed by atoms with Gasteiger partial charge in [-0.1, -0.05) is 31.4 Å². The van der Waals surface area contributed by atoms with Gasteiger partial charge in [0.1, 0.15) is 5.75 Å². The van der Waals surface area contributed by atoms with Crippen LogP contribution in [0.3, 0.4) is 0 Å². The second-order valence-corrected chi connectivity index (χ2v) is 7.04. The molecule has 0 aromatic heterocycles. The zero-order valence-electron chi connectivity index (χ0n) is 16.3. The van der Waals surface area contributed by atoms with E-state index in [9.17, 15) is 4.79 Å². The fourth-order valence-corrected chi connectivity index (χ4v) is 3.03. The van der Waals surface area contributed by atoms with Crippen molar-refractivity contribution in [2.24, 2.45) is 10.9 Å². The molecule has 1 aliphatic rings. The Bertz CT molecular complexity index is 578. The summed E-state index contributed by atoms with van der Waals surface area (Å²) in [5.41, 5.74) is 1.10. The van der Waals surface area contributed by atoms with Gasteiger partial charge in [-0.2, -0.15) is 0 Å². The Hall–Kier alpha value is -2.24. The molecular weight excluding hydrogens is 328 g/mol. The number of nitrogens with one attached hydrogen (secondary N) is 2. The van der Waals surface area contributed by atoms with Gasteiger partial charge >= 0.3 is 0 Å². The van der Waals surface area contributed by atoms with Crippen molar-refractivity contribution in [2.45, 2.75) is 38.6 Å². The third-order valence-electron chi connectivity index (χ3n) is 4.77. The fraction of sp³-hybridized carbons (Fsp3) is 0.600. The maximum absolute atomic E-state index is 11.9. The van der Waals surface area contributed by atoms with Crippen LogP contribution in [0.5, 0.6) is 5.75 Å². The molecule has 2 N–H and O–H groups in total. The van der Waals surface area contributed by atoms with Crippen LogP contribution in [0, 0.1) is 5.92 Å². The van der Waals surface area contributed by atoms with Crippen molar-refractivity contribution < 1.29 is 9.53 Å². The number of ether oxygens (including phenoxy) is 1. The average Bonchev–Trinajstić information content (AvgIpc) is 2.68. The zero-order valence-corrected chi connectivity index (χ0v) is 16.3. The molecule has 26 heavy (non-hydrogen) atoms. The Kier molecular flexibility index (Phi) is 8.25. The number of benzene rings is 1. The second kappa shape index (κ2) is 10.7. The van der Waals surface area contributed by atoms with E-state index in [0.717, 1.165) is 17.9 Å². The first-order valence-electron chi connectivity index (χ1n) is 9.43. The molecule has 0 heterocycles. The van der Waals surface area contributed by atoms with E-state index in [0.29, 0.717) is 18.4 Å². The minimum absolute atomic E-state index is 0.0293. The number of aliphatic imine (C=N–C) groups is 1. The van der Waals surface area contributed by atoms with Crippen LogP contribution in [-0.4, -0.2) is 51.1 Å². The van der Waals surface area contributed by atoms with Gasteiger partial charge in [-0.3, -0.25) is 4.79 Å². The molecule has 0 bridgehead atoms. The summed E-state index contributed by atoms with van der Waals surface area (Å²) in [4.78, 5) is 18.1. The van der Waals surface area contributed by atoms with Gasteiger partial charge in [0.25, 0.3) is 0 Å². The smallest absolute Gasteiger partial charge is 0.241 e. The van der Waals surface area contributed by atoms with Gasteiger partial charge < -0.3 is 20.3 Å². The molecule has 0 atom stereocenters. The van der Waals surface area contributed by atoms with E-state index in [1.165, 1.54) is 32.1 Å². The molecule has 6 heteroatoms. The predicted octanol–water partition coefficient (Wildman–Crippen LogP) is 2.40. The van der Waals surface area contributed by atoms with Crippen molar-refractivity contribution >= 4 is 11.9 Å². The lowest BCUT2D eigenvalue weighted by molar-refractivity contribution is -0.127. The number of rotatable bonds is 7. The number of likely N-dealkylation sites (N-methyl/N-ethyl adjacent to an activating group) is 1. The van der Waals surface area contributed by atoms with Crippen LogP contribution in [-0.2, 0) is 11.3 Å². The monoisotopic (exact) mass is 360 g/mol. The van der Waals surface area contributed by atoms with Gasteiger partial charge in [-0.05, 0) is 36.5 Å². The number of carbonyl (C=O) groups excluding carboxylic acids is 1. The highest BCUT2D eigenvalue weighted by Gasteiger charge is 2.14. The highest BCUT2D eigenvalue weighted by atomic mass is 16.5. The number of guanidine groups is 1. The quantitative estimate of drug-likeness (QED) is 0.579. The lowest BCUT2D eigenvalue weighted by Gasteiger charge is -2.23. The van der Waals surface area contributed by atoms with Crippen molar-refractivity contribution in [1.82, 2.24) is 15.5 Å². The van der Waals surface area contributed by atoms with Crippen LogP contribution < -0.4 is 15.4 Å². The summed E-state index contributed by atoms with van der Waals surface area (Å²) in [6.45, 7) is 1.71. The van der Waals surface area contributed by atoms with Gasteiger partial charge in [0, 0.05) is 20.6 Å². The number of amides is 1. The lowest BCUT2D eigenvalue weighted by Crippen LogP contribution is -2.44. The third kappa shape index (κ3) is 6.94. The summed E-state index contributed by atoms with van der Waals surface area (Å²) in [5.74, 6) is 2.26. The first-order chi connectivity index (χ1) is 12.6. The summed E-state index contributed by atoms with van der Waals surface area (Å²) in [7, 11) is 5.17. The number of carbonyl (C=O) groups is 1. The minimum Gasteiger partial charge on any atom is -0.497 e. The van der Waals surface area contributed by atoms with Crippen LogP contribution >= 0.6 is 0 Å². The molecule has 1 aromatic carbocycles. The molecule has 144 valence electrons. The van der Waals surface area contributed by atoms with Crippen molar-refractivity contribution in [2.75, 3.05) is 34.3 Å². The molecule has 1 amide bonds. The zero-order chi connectivity index (χ0) is 18.8. The lowest BCUT2D eigenvalue weighted by atomic mass is 9.89. The molecular formula is C20H32N4O2. The molecule has 1 aromatic rings. The largest absolute Gasteiger partial charge is 0.497 e. The molecule has 0 unspecified atom stereocenters. The first-order valence-corrected chi connectivity index (χ1v) is 9.43. The topological polar surface area (TPSA) is 66.0 Å². The SMILES string of the molecule is COc1ccc(CN=C(NCC(=O)N(C)C)NCC2CCCCC2)cc1. The van der Waals surface area contributed by atoms with E-state index in [1.54, 1.807) is 26.1 Å². The van der Waals surface area contributed by atoms with Crippen LogP contribution in [0.4, 0.5) is 0 Å². The Morgan fingerprint density at radius 3 is 2.46 bits per heavy atom. The Labute approximate surface area is 157 Å². The molecule has 0 radical (unpaired) electrons. The van der Waals surface area contributed by atoms with Gasteiger partial charge in [-0.15, -0.1) is 0 Å². The van der Waals surface area contributed by atoms with Crippen molar-refractivity contribution in [3.63, 3.8) is 0 Å². The van der Waals surface area contributed by atoms with E-state index in [2.05, 4.69) is 15.6 Å². The van der Waals surface area contributed by atoms with E-state index in [1.807, 2.05) is 24.3 Å². The van der Waals surface area contributed by atoms with Crippen LogP contribution in [0.2, 0.25) is 0 Å². The van der Waals surface area contributed by atoms with Gasteiger partial charge in [-0.25, -0.2) is 4.99 Å². The minimum atomic E-state index is 0.0293. The van der Waals surface area contributed by atoms with E-state index < -0.39 is 0 Å². The van der Waals surface area contributed by atoms with Gasteiger partial charge in [0.05, 0.1) is 20.2 Å². The number of hydrogen-bond donors (Lipinski definition) is 2. The van der Waals surface area contributed by atoms with Crippen LogP contribution in [0.1, 0.15) is 37.7 Å². The molecule has 0 spiro atoms. The average molecular weight is 361 g/mol. The van der Waals surface area contributed by atoms with E-state index in [4.69, 9.17) is 4.74 Å². The van der Waals surface area contributed by atoms with E-state index in [-0.39, 0.29) is 12.5 Å². The second-order valence-electron chi connectivity index (χ2n) is 7.04. The molecule has 0 aliphatic heterocycles. The molecule has 6 nitrogen and oxygen atoms in total. The fourth-order valence-electron chi connectivity index (χ4n) is 3.03. The van der Waals surface area contributed by atoms with Crippen molar-refractivity contribution in [3.05, 3.63) is 29.8 Å². The van der Waals surface area contributed by atoms with Gasteiger partial charge in [0.2, 0.25) is 5.91 Å². The highest BCUT2D eigenvalue weighted by molar-refractivity contribution is 5.86. The molecule has 1 aliphatic carbocycles. The first kappa shape index (κ1) is 20.1. The molecule has 1 saturated carbocycles. The third-order valence-corrected chi connectivity index (χ3v) is 4.77. The Morgan fingerprint density at radius 1 is 1.15 bits per heavy atom. The van der Waals surface area contributed by atoms with Crippen molar-refractivity contribution in [1.29, 1.82) is 0 Å². The Morgan fingerprint density at radius 2 is 1.85 bits per heavy atom.